The standard InChI is InChI=1S/C25H26ClN3O/c1-17-3-7-19(8-4-17)13-22(16-30)29-23-12-11-21(26)14-24(23)28(25(29)27)15-20-9-5-18(2)6-10-20/h3-12,14,22,27,30H,13,15-16H2,1-2H3/t22-/m0/s1. The van der Waals surface area contributed by atoms with Crippen LogP contribution in [0.15, 0.2) is 66.7 Å². The third-order valence-corrected chi connectivity index (χ3v) is 5.84. The third kappa shape index (κ3) is 4.07. The Balaban J connectivity index is 1.80. The van der Waals surface area contributed by atoms with Crippen LogP contribution in [0.4, 0.5) is 0 Å². The lowest BCUT2D eigenvalue weighted by atomic mass is 10.0. The number of nitrogens with one attached hydrogen (secondary N) is 1. The summed E-state index contributed by atoms with van der Waals surface area (Å²) in [6.07, 6.45) is 0.652. The van der Waals surface area contributed by atoms with Gasteiger partial charge in [-0.05, 0) is 49.6 Å². The predicted octanol–water partition coefficient (Wildman–Crippen LogP) is 5.02. The van der Waals surface area contributed by atoms with Gasteiger partial charge in [-0.1, -0.05) is 71.3 Å². The Hall–Kier alpha value is -2.82. The lowest BCUT2D eigenvalue weighted by molar-refractivity contribution is 0.225. The molecule has 0 saturated carbocycles. The second-order valence-corrected chi connectivity index (χ2v) is 8.36. The van der Waals surface area contributed by atoms with Crippen molar-refractivity contribution in [3.05, 3.63) is 99.6 Å². The van der Waals surface area contributed by atoms with Crippen LogP contribution in [0, 0.1) is 19.3 Å². The molecule has 0 aliphatic rings. The number of aliphatic hydroxyl groups excluding tert-OH is 1. The van der Waals surface area contributed by atoms with Gasteiger partial charge in [0, 0.05) is 5.02 Å². The molecule has 4 aromatic rings. The summed E-state index contributed by atoms with van der Waals surface area (Å²) in [5, 5.41) is 19.8. The van der Waals surface area contributed by atoms with Crippen LogP contribution in [0.3, 0.4) is 0 Å². The van der Waals surface area contributed by atoms with E-state index >= 15 is 0 Å². The molecular formula is C25H26ClN3O. The van der Waals surface area contributed by atoms with Crippen LogP contribution in [-0.4, -0.2) is 20.8 Å². The van der Waals surface area contributed by atoms with Crippen LogP contribution in [0.5, 0.6) is 0 Å². The molecule has 154 valence electrons. The molecule has 4 nitrogen and oxygen atoms in total. The van der Waals surface area contributed by atoms with E-state index in [1.807, 2.05) is 27.3 Å². The van der Waals surface area contributed by atoms with Crippen LogP contribution in [0.2, 0.25) is 5.02 Å². The molecule has 0 fully saturated rings. The van der Waals surface area contributed by atoms with Gasteiger partial charge in [0.2, 0.25) is 5.62 Å². The van der Waals surface area contributed by atoms with E-state index in [1.54, 1.807) is 0 Å². The van der Waals surface area contributed by atoms with Gasteiger partial charge in [0.1, 0.15) is 0 Å². The SMILES string of the molecule is Cc1ccc(C[C@@H](CO)n2c(=N)n(Cc3ccc(C)cc3)c3cc(Cl)ccc32)cc1. The van der Waals surface area contributed by atoms with Gasteiger partial charge >= 0.3 is 0 Å². The first-order valence-electron chi connectivity index (χ1n) is 10.1. The second kappa shape index (κ2) is 8.50. The number of imidazole rings is 1. The molecule has 0 radical (unpaired) electrons. The molecule has 0 aliphatic heterocycles. The van der Waals surface area contributed by atoms with E-state index in [0.29, 0.717) is 23.6 Å². The summed E-state index contributed by atoms with van der Waals surface area (Å²) in [6.45, 7) is 4.66. The van der Waals surface area contributed by atoms with Gasteiger partial charge < -0.3 is 14.2 Å². The highest BCUT2D eigenvalue weighted by Gasteiger charge is 2.19. The van der Waals surface area contributed by atoms with Crippen molar-refractivity contribution < 1.29 is 5.11 Å². The quantitative estimate of drug-likeness (QED) is 0.453. The molecule has 0 spiro atoms. The van der Waals surface area contributed by atoms with E-state index < -0.39 is 0 Å². The molecule has 1 heterocycles. The largest absolute Gasteiger partial charge is 0.394 e. The van der Waals surface area contributed by atoms with E-state index in [0.717, 1.165) is 22.2 Å². The number of halogens is 1. The Labute approximate surface area is 181 Å². The summed E-state index contributed by atoms with van der Waals surface area (Å²) in [5.41, 5.74) is 6.84. The fourth-order valence-corrected chi connectivity index (χ4v) is 4.08. The fourth-order valence-electron chi connectivity index (χ4n) is 3.91. The summed E-state index contributed by atoms with van der Waals surface area (Å²) >= 11 is 6.30. The zero-order chi connectivity index (χ0) is 21.3. The lowest BCUT2D eigenvalue weighted by Gasteiger charge is -2.17. The van der Waals surface area contributed by atoms with Crippen molar-refractivity contribution in [3.63, 3.8) is 0 Å². The maximum Gasteiger partial charge on any atom is 0.203 e. The van der Waals surface area contributed by atoms with Crippen molar-refractivity contribution >= 4 is 22.6 Å². The Morgan fingerprint density at radius 2 is 1.47 bits per heavy atom. The summed E-state index contributed by atoms with van der Waals surface area (Å²) in [5.74, 6) is 0. The molecule has 0 amide bonds. The number of aromatic nitrogens is 2. The lowest BCUT2D eigenvalue weighted by Crippen LogP contribution is -2.30. The predicted molar refractivity (Wildman–Crippen MR) is 122 cm³/mol. The molecule has 0 saturated heterocycles. The zero-order valence-corrected chi connectivity index (χ0v) is 18.0. The summed E-state index contributed by atoms with van der Waals surface area (Å²) in [6, 6.07) is 22.1. The summed E-state index contributed by atoms with van der Waals surface area (Å²) in [4.78, 5) is 0. The molecule has 1 aromatic heterocycles. The average molecular weight is 420 g/mol. The van der Waals surface area contributed by atoms with Gasteiger partial charge in [-0.15, -0.1) is 0 Å². The number of benzene rings is 3. The third-order valence-electron chi connectivity index (χ3n) is 5.60. The van der Waals surface area contributed by atoms with Crippen LogP contribution < -0.4 is 5.62 Å². The molecule has 0 unspecified atom stereocenters. The number of hydrogen-bond donors (Lipinski definition) is 2. The van der Waals surface area contributed by atoms with E-state index in [2.05, 4.69) is 62.4 Å². The van der Waals surface area contributed by atoms with E-state index in [4.69, 9.17) is 17.0 Å². The average Bonchev–Trinajstić information content (AvgIpc) is 3.00. The molecule has 5 heteroatoms. The number of aliphatic hydroxyl groups is 1. The van der Waals surface area contributed by atoms with Crippen molar-refractivity contribution in [2.24, 2.45) is 0 Å². The fraction of sp³-hybridized carbons (Fsp3) is 0.240. The van der Waals surface area contributed by atoms with Crippen molar-refractivity contribution in [1.29, 1.82) is 5.41 Å². The van der Waals surface area contributed by atoms with Crippen LogP contribution in [-0.2, 0) is 13.0 Å². The first-order valence-corrected chi connectivity index (χ1v) is 10.5. The Morgan fingerprint density at radius 1 is 0.867 bits per heavy atom. The smallest absolute Gasteiger partial charge is 0.203 e. The molecule has 30 heavy (non-hydrogen) atoms. The molecule has 0 bridgehead atoms. The van der Waals surface area contributed by atoms with Gasteiger partial charge in [-0.25, -0.2) is 0 Å². The Kier molecular flexibility index (Phi) is 5.80. The van der Waals surface area contributed by atoms with Crippen molar-refractivity contribution in [3.8, 4) is 0 Å². The number of rotatable bonds is 6. The summed E-state index contributed by atoms with van der Waals surface area (Å²) < 4.78 is 3.89. The highest BCUT2D eigenvalue weighted by atomic mass is 35.5. The van der Waals surface area contributed by atoms with E-state index in [9.17, 15) is 5.11 Å². The number of nitrogens with zero attached hydrogens (tertiary/aromatic N) is 2. The van der Waals surface area contributed by atoms with Gasteiger partial charge in [0.25, 0.3) is 0 Å². The highest BCUT2D eigenvalue weighted by molar-refractivity contribution is 6.31. The minimum atomic E-state index is -0.233. The first kappa shape index (κ1) is 20.5. The summed E-state index contributed by atoms with van der Waals surface area (Å²) in [7, 11) is 0. The van der Waals surface area contributed by atoms with E-state index in [-0.39, 0.29) is 12.6 Å². The van der Waals surface area contributed by atoms with Crippen molar-refractivity contribution in [2.45, 2.75) is 32.9 Å². The molecule has 1 atom stereocenters. The minimum Gasteiger partial charge on any atom is -0.394 e. The Bertz CT molecular complexity index is 1220. The maximum atomic E-state index is 10.2. The molecule has 4 rings (SSSR count). The second-order valence-electron chi connectivity index (χ2n) is 7.92. The topological polar surface area (TPSA) is 53.9 Å². The van der Waals surface area contributed by atoms with Gasteiger partial charge in [0.05, 0.1) is 30.2 Å². The first-order chi connectivity index (χ1) is 14.5. The molecular weight excluding hydrogens is 394 g/mol. The minimum absolute atomic E-state index is 0.0449. The maximum absolute atomic E-state index is 10.2. The van der Waals surface area contributed by atoms with Gasteiger partial charge in [-0.2, -0.15) is 0 Å². The Morgan fingerprint density at radius 3 is 2.07 bits per heavy atom. The van der Waals surface area contributed by atoms with Crippen molar-refractivity contribution in [1.82, 2.24) is 9.13 Å². The monoisotopic (exact) mass is 419 g/mol. The highest BCUT2D eigenvalue weighted by Crippen LogP contribution is 2.24. The number of hydrogen-bond acceptors (Lipinski definition) is 2. The molecule has 0 aliphatic carbocycles. The van der Waals surface area contributed by atoms with Crippen LogP contribution in [0.25, 0.3) is 11.0 Å². The van der Waals surface area contributed by atoms with Crippen molar-refractivity contribution in [2.75, 3.05) is 6.61 Å². The number of aryl methyl sites for hydroxylation is 2. The zero-order valence-electron chi connectivity index (χ0n) is 17.3. The van der Waals surface area contributed by atoms with Gasteiger partial charge in [-0.3, -0.25) is 5.41 Å². The number of fused-ring (bicyclic) bond motifs is 1. The van der Waals surface area contributed by atoms with Crippen LogP contribution >= 0.6 is 11.6 Å². The van der Waals surface area contributed by atoms with Crippen LogP contribution in [0.1, 0.15) is 28.3 Å². The van der Waals surface area contributed by atoms with Gasteiger partial charge in [0.15, 0.2) is 0 Å². The normalized spacial score (nSPS) is 12.4. The van der Waals surface area contributed by atoms with E-state index in [1.165, 1.54) is 11.1 Å². The molecule has 2 N–H and O–H groups in total. The molecule has 3 aromatic carbocycles.